The number of anilines is 1. The van der Waals surface area contributed by atoms with E-state index in [1.54, 1.807) is 0 Å². The van der Waals surface area contributed by atoms with E-state index in [-0.39, 0.29) is 11.7 Å². The topological polar surface area (TPSA) is 52.7 Å². The molecule has 3 aromatic rings. The fraction of sp³-hybridized carbons (Fsp3) is 0.200. The van der Waals surface area contributed by atoms with Crippen LogP contribution < -0.4 is 5.32 Å². The lowest BCUT2D eigenvalue weighted by atomic mass is 9.96. The van der Waals surface area contributed by atoms with Crippen molar-refractivity contribution in [2.75, 3.05) is 31.5 Å². The van der Waals surface area contributed by atoms with Gasteiger partial charge in [0.25, 0.3) is 0 Å². The number of carbonyl (C=O) groups excluding carboxylic acids is 2. The Morgan fingerprint density at radius 2 is 1.34 bits per heavy atom. The van der Waals surface area contributed by atoms with E-state index < -0.39 is 23.4 Å². The fourth-order valence-corrected chi connectivity index (χ4v) is 3.98. The molecule has 0 atom stereocenters. The maximum absolute atomic E-state index is 13.8. The predicted molar refractivity (Wildman–Crippen MR) is 118 cm³/mol. The van der Waals surface area contributed by atoms with Crippen molar-refractivity contribution in [2.45, 2.75) is 6.04 Å². The summed E-state index contributed by atoms with van der Waals surface area (Å²) in [6, 6.07) is 23.0. The first-order valence-electron chi connectivity index (χ1n) is 10.4. The van der Waals surface area contributed by atoms with E-state index in [9.17, 15) is 18.4 Å². The zero-order valence-electron chi connectivity index (χ0n) is 17.4. The van der Waals surface area contributed by atoms with Crippen LogP contribution in [-0.4, -0.2) is 47.8 Å². The zero-order valence-corrected chi connectivity index (χ0v) is 17.4. The lowest BCUT2D eigenvalue weighted by Gasteiger charge is -2.39. The number of amides is 2. The molecule has 0 aliphatic carbocycles. The number of nitrogens with zero attached hydrogens (tertiary/aromatic N) is 2. The Morgan fingerprint density at radius 3 is 1.91 bits per heavy atom. The van der Waals surface area contributed by atoms with Crippen LogP contribution in [0, 0.1) is 11.6 Å². The molecule has 1 fully saturated rings. The summed E-state index contributed by atoms with van der Waals surface area (Å²) in [7, 11) is 0. The molecule has 1 saturated heterocycles. The Labute approximate surface area is 185 Å². The van der Waals surface area contributed by atoms with Gasteiger partial charge < -0.3 is 10.2 Å². The molecule has 0 spiro atoms. The number of nitrogens with one attached hydrogen (secondary N) is 1. The van der Waals surface area contributed by atoms with E-state index in [1.165, 1.54) is 4.90 Å². The number of halogens is 2. The summed E-state index contributed by atoms with van der Waals surface area (Å²) >= 11 is 0. The summed E-state index contributed by atoms with van der Waals surface area (Å²) in [6.45, 7) is 1.85. The van der Waals surface area contributed by atoms with Gasteiger partial charge in [-0.15, -0.1) is 0 Å². The van der Waals surface area contributed by atoms with Crippen LogP contribution in [0.5, 0.6) is 0 Å². The van der Waals surface area contributed by atoms with Gasteiger partial charge in [-0.2, -0.15) is 0 Å². The summed E-state index contributed by atoms with van der Waals surface area (Å²) in [6.07, 6.45) is 0. The molecule has 1 aliphatic rings. The maximum atomic E-state index is 13.8. The standard InChI is InChI=1S/C25H23F2N3O2/c26-20-11-12-21(27)22(17-20)28-24(31)25(32)30-15-13-29(14-16-30)23(18-7-3-1-4-8-18)19-9-5-2-6-10-19/h1-12,17,23H,13-16H2,(H,28,31). The highest BCUT2D eigenvalue weighted by atomic mass is 19.1. The van der Waals surface area contributed by atoms with Gasteiger partial charge in [0.2, 0.25) is 0 Å². The van der Waals surface area contributed by atoms with Gasteiger partial charge in [0.15, 0.2) is 0 Å². The highest BCUT2D eigenvalue weighted by molar-refractivity contribution is 6.39. The van der Waals surface area contributed by atoms with Crippen molar-refractivity contribution in [3.8, 4) is 0 Å². The highest BCUT2D eigenvalue weighted by Crippen LogP contribution is 2.29. The number of rotatable bonds is 4. The largest absolute Gasteiger partial charge is 0.332 e. The minimum atomic E-state index is -0.981. The van der Waals surface area contributed by atoms with E-state index in [1.807, 2.05) is 36.4 Å². The van der Waals surface area contributed by atoms with Crippen LogP contribution in [0.25, 0.3) is 0 Å². The van der Waals surface area contributed by atoms with Gasteiger partial charge >= 0.3 is 11.8 Å². The molecule has 0 saturated carbocycles. The number of benzene rings is 3. The summed E-state index contributed by atoms with van der Waals surface area (Å²) < 4.78 is 27.1. The van der Waals surface area contributed by atoms with Crippen molar-refractivity contribution >= 4 is 17.5 Å². The highest BCUT2D eigenvalue weighted by Gasteiger charge is 2.30. The first kappa shape index (κ1) is 21.6. The molecule has 3 aromatic carbocycles. The molecule has 1 aliphatic heterocycles. The average Bonchev–Trinajstić information content (AvgIpc) is 2.83. The molecule has 1 heterocycles. The molecule has 164 valence electrons. The molecule has 0 radical (unpaired) electrons. The van der Waals surface area contributed by atoms with Gasteiger partial charge in [0, 0.05) is 32.2 Å². The first-order chi connectivity index (χ1) is 15.5. The molecule has 7 heteroatoms. The van der Waals surface area contributed by atoms with E-state index in [4.69, 9.17) is 0 Å². The van der Waals surface area contributed by atoms with Crippen LogP contribution in [0.1, 0.15) is 17.2 Å². The monoisotopic (exact) mass is 435 g/mol. The van der Waals surface area contributed by atoms with Crippen molar-refractivity contribution in [2.24, 2.45) is 0 Å². The minimum absolute atomic E-state index is 0.0323. The molecule has 0 aromatic heterocycles. The molecule has 1 N–H and O–H groups in total. The Kier molecular flexibility index (Phi) is 6.56. The van der Waals surface area contributed by atoms with Gasteiger partial charge in [0.1, 0.15) is 11.6 Å². The second-order valence-corrected chi connectivity index (χ2v) is 7.63. The van der Waals surface area contributed by atoms with Gasteiger partial charge in [-0.1, -0.05) is 60.7 Å². The summed E-state index contributed by atoms with van der Waals surface area (Å²) in [4.78, 5) is 28.6. The maximum Gasteiger partial charge on any atom is 0.313 e. The molecule has 32 heavy (non-hydrogen) atoms. The lowest BCUT2D eigenvalue weighted by molar-refractivity contribution is -0.144. The predicted octanol–water partition coefficient (Wildman–Crippen LogP) is 3.84. The van der Waals surface area contributed by atoms with Crippen molar-refractivity contribution in [1.82, 2.24) is 9.80 Å². The lowest BCUT2D eigenvalue weighted by Crippen LogP contribution is -2.52. The third-order valence-electron chi connectivity index (χ3n) is 5.57. The van der Waals surface area contributed by atoms with Crippen LogP contribution in [-0.2, 0) is 9.59 Å². The second kappa shape index (κ2) is 9.70. The molecular formula is C25H23F2N3O2. The normalized spacial score (nSPS) is 14.4. The van der Waals surface area contributed by atoms with Crippen molar-refractivity contribution in [1.29, 1.82) is 0 Å². The SMILES string of the molecule is O=C(Nc1cc(F)ccc1F)C(=O)N1CCN(C(c2ccccc2)c2ccccc2)CC1. The molecule has 0 bridgehead atoms. The van der Waals surface area contributed by atoms with Crippen LogP contribution in [0.4, 0.5) is 14.5 Å². The molecule has 0 unspecified atom stereocenters. The van der Waals surface area contributed by atoms with Crippen molar-refractivity contribution in [3.63, 3.8) is 0 Å². The van der Waals surface area contributed by atoms with Gasteiger partial charge in [0.05, 0.1) is 11.7 Å². The minimum Gasteiger partial charge on any atom is -0.332 e. The molecule has 2 amide bonds. The Morgan fingerprint density at radius 1 is 0.781 bits per heavy atom. The number of hydrogen-bond acceptors (Lipinski definition) is 3. The van der Waals surface area contributed by atoms with E-state index >= 15 is 0 Å². The first-order valence-corrected chi connectivity index (χ1v) is 10.4. The van der Waals surface area contributed by atoms with E-state index in [0.717, 1.165) is 29.3 Å². The number of piperazine rings is 1. The van der Waals surface area contributed by atoms with Gasteiger partial charge in [-0.3, -0.25) is 14.5 Å². The third-order valence-corrected chi connectivity index (χ3v) is 5.57. The Bertz CT molecular complexity index is 1050. The van der Waals surface area contributed by atoms with Gasteiger partial charge in [-0.05, 0) is 23.3 Å². The van der Waals surface area contributed by atoms with E-state index in [0.29, 0.717) is 26.2 Å². The van der Waals surface area contributed by atoms with Crippen LogP contribution >= 0.6 is 0 Å². The molecular weight excluding hydrogens is 412 g/mol. The molecule has 5 nitrogen and oxygen atoms in total. The zero-order chi connectivity index (χ0) is 22.5. The smallest absolute Gasteiger partial charge is 0.313 e. The quantitative estimate of drug-likeness (QED) is 0.634. The average molecular weight is 435 g/mol. The number of carbonyl (C=O) groups is 2. The summed E-state index contributed by atoms with van der Waals surface area (Å²) in [5.74, 6) is -3.24. The Hall–Kier alpha value is -3.58. The summed E-state index contributed by atoms with van der Waals surface area (Å²) in [5.41, 5.74) is 1.95. The molecule has 4 rings (SSSR count). The van der Waals surface area contributed by atoms with Crippen molar-refractivity contribution in [3.05, 3.63) is 102 Å². The summed E-state index contributed by atoms with van der Waals surface area (Å²) in [5, 5.41) is 2.18. The van der Waals surface area contributed by atoms with Crippen LogP contribution in [0.3, 0.4) is 0 Å². The van der Waals surface area contributed by atoms with Crippen molar-refractivity contribution < 1.29 is 18.4 Å². The second-order valence-electron chi connectivity index (χ2n) is 7.63. The van der Waals surface area contributed by atoms with Crippen LogP contribution in [0.15, 0.2) is 78.9 Å². The van der Waals surface area contributed by atoms with Gasteiger partial charge in [-0.25, -0.2) is 8.78 Å². The van der Waals surface area contributed by atoms with Crippen LogP contribution in [0.2, 0.25) is 0 Å². The fourth-order valence-electron chi connectivity index (χ4n) is 3.98. The Balaban J connectivity index is 1.43. The van der Waals surface area contributed by atoms with E-state index in [2.05, 4.69) is 34.5 Å². The third kappa shape index (κ3) is 4.84. The number of hydrogen-bond donors (Lipinski definition) is 1.